The number of hydrogen-bond acceptors (Lipinski definition) is 6. The number of allylic oxidation sites excluding steroid dienone is 3. The van der Waals surface area contributed by atoms with Crippen molar-refractivity contribution in [1.82, 2.24) is 20.6 Å². The van der Waals surface area contributed by atoms with Crippen LogP contribution in [0.15, 0.2) is 49.0 Å². The number of nitrogens with zero attached hydrogens (tertiary/aromatic N) is 3. The Bertz CT molecular complexity index is 832. The molecule has 2 amide bonds. The van der Waals surface area contributed by atoms with Crippen LogP contribution in [0.25, 0.3) is 0 Å². The molecule has 1 unspecified atom stereocenters. The summed E-state index contributed by atoms with van der Waals surface area (Å²) in [5.41, 5.74) is 0.881. The zero-order valence-corrected chi connectivity index (χ0v) is 17.3. The molecule has 3 rings (SSSR count). The second kappa shape index (κ2) is 10.6. The van der Waals surface area contributed by atoms with E-state index in [0.29, 0.717) is 24.4 Å². The van der Waals surface area contributed by atoms with E-state index in [4.69, 9.17) is 4.74 Å². The van der Waals surface area contributed by atoms with Gasteiger partial charge in [-0.1, -0.05) is 25.7 Å². The first kappa shape index (κ1) is 21.5. The van der Waals surface area contributed by atoms with Crippen LogP contribution >= 0.6 is 0 Å². The first-order valence-electron chi connectivity index (χ1n) is 10.4. The second-order valence-electron chi connectivity index (χ2n) is 7.53. The highest BCUT2D eigenvalue weighted by Gasteiger charge is 2.25. The number of nitrogens with one attached hydrogen (secondary N) is 2. The molecule has 1 atom stereocenters. The van der Waals surface area contributed by atoms with E-state index < -0.39 is 0 Å². The average molecular weight is 412 g/mol. The third-order valence-corrected chi connectivity index (χ3v) is 4.93. The Morgan fingerprint density at radius 1 is 1.43 bits per heavy atom. The molecular weight excluding hydrogens is 382 g/mol. The summed E-state index contributed by atoms with van der Waals surface area (Å²) in [7, 11) is 0. The maximum absolute atomic E-state index is 12.7. The SMILES string of the molecule is C=C/C(=C\C=C\CC1COC(=O)N1)NC(=O)c1cc(N(CCC)CC2CC2)ncn1. The second-order valence-corrected chi connectivity index (χ2v) is 7.53. The van der Waals surface area contributed by atoms with Crippen molar-refractivity contribution in [2.24, 2.45) is 5.92 Å². The van der Waals surface area contributed by atoms with Crippen LogP contribution < -0.4 is 15.5 Å². The normalized spacial score (nSPS) is 18.8. The first-order chi connectivity index (χ1) is 14.6. The molecule has 2 N–H and O–H groups in total. The number of carbonyl (C=O) groups excluding carboxylic acids is 2. The Morgan fingerprint density at radius 2 is 2.27 bits per heavy atom. The van der Waals surface area contributed by atoms with E-state index in [0.717, 1.165) is 31.2 Å². The fourth-order valence-electron chi connectivity index (χ4n) is 3.15. The largest absolute Gasteiger partial charge is 0.447 e. The van der Waals surface area contributed by atoms with Gasteiger partial charge in [-0.2, -0.15) is 0 Å². The van der Waals surface area contributed by atoms with Crippen LogP contribution in [0.4, 0.5) is 10.6 Å². The van der Waals surface area contributed by atoms with Crippen molar-refractivity contribution in [2.45, 2.75) is 38.6 Å². The predicted molar refractivity (Wildman–Crippen MR) is 115 cm³/mol. The van der Waals surface area contributed by atoms with Crippen molar-refractivity contribution in [3.8, 4) is 0 Å². The summed E-state index contributed by atoms with van der Waals surface area (Å²) in [6, 6.07) is 1.72. The Morgan fingerprint density at radius 3 is 2.93 bits per heavy atom. The van der Waals surface area contributed by atoms with Crippen molar-refractivity contribution in [3.63, 3.8) is 0 Å². The number of carbonyl (C=O) groups is 2. The lowest BCUT2D eigenvalue weighted by Gasteiger charge is -2.23. The molecule has 8 nitrogen and oxygen atoms in total. The maximum atomic E-state index is 12.7. The minimum absolute atomic E-state index is 0.0231. The van der Waals surface area contributed by atoms with Crippen molar-refractivity contribution < 1.29 is 14.3 Å². The molecule has 0 bridgehead atoms. The van der Waals surface area contributed by atoms with Gasteiger partial charge >= 0.3 is 6.09 Å². The molecule has 1 aliphatic carbocycles. The molecule has 2 fully saturated rings. The van der Waals surface area contributed by atoms with Gasteiger partial charge in [-0.3, -0.25) is 4.79 Å². The number of anilines is 1. The highest BCUT2D eigenvalue weighted by Crippen LogP contribution is 2.31. The summed E-state index contributed by atoms with van der Waals surface area (Å²) in [5.74, 6) is 1.21. The van der Waals surface area contributed by atoms with E-state index in [1.807, 2.05) is 12.2 Å². The van der Waals surface area contributed by atoms with Crippen molar-refractivity contribution in [2.75, 3.05) is 24.6 Å². The van der Waals surface area contributed by atoms with Crippen LogP contribution in [0.2, 0.25) is 0 Å². The fourth-order valence-corrected chi connectivity index (χ4v) is 3.15. The summed E-state index contributed by atoms with van der Waals surface area (Å²) < 4.78 is 4.84. The highest BCUT2D eigenvalue weighted by atomic mass is 16.6. The predicted octanol–water partition coefficient (Wildman–Crippen LogP) is 2.96. The molecule has 1 saturated heterocycles. The van der Waals surface area contributed by atoms with Crippen LogP contribution in [0, 0.1) is 5.92 Å². The van der Waals surface area contributed by atoms with E-state index in [1.165, 1.54) is 19.2 Å². The molecule has 0 radical (unpaired) electrons. The first-order valence-corrected chi connectivity index (χ1v) is 10.4. The van der Waals surface area contributed by atoms with E-state index in [1.54, 1.807) is 18.2 Å². The fraction of sp³-hybridized carbons (Fsp3) is 0.455. The molecule has 2 heterocycles. The standard InChI is InChI=1S/C22H29N5O3/c1-3-11-27(13-16-9-10-16)20-12-19(23-15-24-20)21(28)25-17(4-2)7-5-6-8-18-14-30-22(29)26-18/h4-7,12,15-16,18H,2-3,8-11,13-14H2,1H3,(H,25,28)(H,26,29)/b6-5+,17-7+. The zero-order valence-electron chi connectivity index (χ0n) is 17.3. The van der Waals surface area contributed by atoms with Crippen LogP contribution in [0.5, 0.6) is 0 Å². The summed E-state index contributed by atoms with van der Waals surface area (Å²) in [6.07, 6.45) is 12.3. The molecule has 0 aromatic carbocycles. The number of hydrogen-bond donors (Lipinski definition) is 2. The monoisotopic (exact) mass is 411 g/mol. The summed E-state index contributed by atoms with van der Waals surface area (Å²) in [4.78, 5) is 34.4. The Kier molecular flexibility index (Phi) is 7.59. The van der Waals surface area contributed by atoms with Gasteiger partial charge in [0, 0.05) is 24.9 Å². The van der Waals surface area contributed by atoms with Crippen LogP contribution in [0.1, 0.15) is 43.1 Å². The van der Waals surface area contributed by atoms with Gasteiger partial charge in [0.05, 0.1) is 6.04 Å². The minimum atomic E-state index is -0.387. The lowest BCUT2D eigenvalue weighted by Crippen LogP contribution is -2.29. The van der Waals surface area contributed by atoms with Gasteiger partial charge in [-0.05, 0) is 43.8 Å². The zero-order chi connectivity index (χ0) is 21.3. The van der Waals surface area contributed by atoms with Gasteiger partial charge in [0.15, 0.2) is 0 Å². The van der Waals surface area contributed by atoms with Gasteiger partial charge in [0.25, 0.3) is 5.91 Å². The number of alkyl carbamates (subject to hydrolysis) is 1. The highest BCUT2D eigenvalue weighted by molar-refractivity contribution is 5.94. The number of amides is 2. The lowest BCUT2D eigenvalue weighted by molar-refractivity contribution is 0.0962. The topological polar surface area (TPSA) is 96.5 Å². The summed E-state index contributed by atoms with van der Waals surface area (Å²) in [6.45, 7) is 8.13. The molecule has 0 spiro atoms. The number of cyclic esters (lactones) is 1. The smallest absolute Gasteiger partial charge is 0.407 e. The van der Waals surface area contributed by atoms with E-state index >= 15 is 0 Å². The Hall–Kier alpha value is -3.16. The number of rotatable bonds is 11. The third-order valence-electron chi connectivity index (χ3n) is 4.93. The Balaban J connectivity index is 1.59. The van der Waals surface area contributed by atoms with Gasteiger partial charge in [-0.25, -0.2) is 14.8 Å². The van der Waals surface area contributed by atoms with E-state index in [9.17, 15) is 9.59 Å². The molecule has 1 aliphatic heterocycles. The van der Waals surface area contributed by atoms with Crippen LogP contribution in [0.3, 0.4) is 0 Å². The number of ether oxygens (including phenoxy) is 1. The van der Waals surface area contributed by atoms with Gasteiger partial charge in [-0.15, -0.1) is 0 Å². The van der Waals surface area contributed by atoms with Crippen LogP contribution in [-0.4, -0.2) is 47.7 Å². The molecule has 1 saturated carbocycles. The van der Waals surface area contributed by atoms with E-state index in [-0.39, 0.29) is 18.0 Å². The molecule has 2 aliphatic rings. The molecule has 1 aromatic rings. The third kappa shape index (κ3) is 6.43. The van der Waals surface area contributed by atoms with Gasteiger partial charge < -0.3 is 20.3 Å². The van der Waals surface area contributed by atoms with E-state index in [2.05, 4.69) is 39.0 Å². The Labute approximate surface area is 177 Å². The van der Waals surface area contributed by atoms with Gasteiger partial charge in [0.1, 0.15) is 24.4 Å². The quantitative estimate of drug-likeness (QED) is 0.544. The van der Waals surface area contributed by atoms with Crippen LogP contribution in [-0.2, 0) is 4.74 Å². The molecule has 160 valence electrons. The molecule has 8 heteroatoms. The van der Waals surface area contributed by atoms with Crippen molar-refractivity contribution in [1.29, 1.82) is 0 Å². The molecule has 1 aromatic heterocycles. The maximum Gasteiger partial charge on any atom is 0.407 e. The summed E-state index contributed by atoms with van der Waals surface area (Å²) >= 11 is 0. The minimum Gasteiger partial charge on any atom is -0.447 e. The number of aromatic nitrogens is 2. The van der Waals surface area contributed by atoms with Gasteiger partial charge in [0.2, 0.25) is 0 Å². The molecular formula is C22H29N5O3. The van der Waals surface area contributed by atoms with Crippen molar-refractivity contribution in [3.05, 3.63) is 54.7 Å². The molecule has 30 heavy (non-hydrogen) atoms. The van der Waals surface area contributed by atoms with Crippen molar-refractivity contribution >= 4 is 17.8 Å². The average Bonchev–Trinajstić information content (AvgIpc) is 3.48. The summed E-state index contributed by atoms with van der Waals surface area (Å²) in [5, 5.41) is 5.53. The lowest BCUT2D eigenvalue weighted by atomic mass is 10.2.